The van der Waals surface area contributed by atoms with Gasteiger partial charge in [0.15, 0.2) is 0 Å². The van der Waals surface area contributed by atoms with Gasteiger partial charge in [-0.1, -0.05) is 75.4 Å². The Morgan fingerprint density at radius 1 is 0.848 bits per heavy atom. The first-order valence-electron chi connectivity index (χ1n) is 11.3. The van der Waals surface area contributed by atoms with Crippen LogP contribution >= 0.6 is 0 Å². The summed E-state index contributed by atoms with van der Waals surface area (Å²) in [7, 11) is 0. The number of benzene rings is 3. The fraction of sp³-hybridized carbons (Fsp3) is 0.286. The van der Waals surface area contributed by atoms with Gasteiger partial charge in [-0.25, -0.2) is 13.6 Å². The second-order valence-corrected chi connectivity index (χ2v) is 8.06. The summed E-state index contributed by atoms with van der Waals surface area (Å²) in [4.78, 5) is 12.3. The van der Waals surface area contributed by atoms with E-state index in [0.29, 0.717) is 0 Å². The highest BCUT2D eigenvalue weighted by Gasteiger charge is 2.15. The third-order valence-electron chi connectivity index (χ3n) is 5.56. The molecule has 0 aliphatic rings. The van der Waals surface area contributed by atoms with Crippen LogP contribution in [0.2, 0.25) is 0 Å². The van der Waals surface area contributed by atoms with Crippen LogP contribution in [0.15, 0.2) is 60.7 Å². The fourth-order valence-electron chi connectivity index (χ4n) is 3.65. The molecule has 33 heavy (non-hydrogen) atoms. The van der Waals surface area contributed by atoms with Gasteiger partial charge in [-0.3, -0.25) is 0 Å². The van der Waals surface area contributed by atoms with Gasteiger partial charge in [-0.05, 0) is 41.7 Å². The molecule has 0 aliphatic carbocycles. The highest BCUT2D eigenvalue weighted by molar-refractivity contribution is 5.91. The van der Waals surface area contributed by atoms with E-state index in [0.717, 1.165) is 29.7 Å². The molecule has 3 aromatic carbocycles. The van der Waals surface area contributed by atoms with Crippen molar-refractivity contribution in [2.45, 2.75) is 51.9 Å². The highest BCUT2D eigenvalue weighted by Crippen LogP contribution is 2.24. The maximum atomic E-state index is 13.7. The van der Waals surface area contributed by atoms with Crippen LogP contribution < -0.4 is 4.74 Å². The number of esters is 1. The molecule has 0 atom stereocenters. The number of nitrogens with zero attached hydrogens (tertiary/aromatic N) is 1. The zero-order valence-corrected chi connectivity index (χ0v) is 18.7. The lowest BCUT2D eigenvalue weighted by Crippen LogP contribution is -2.09. The SMILES string of the molecule is CCCCCCCCc1ccc(-c2ccc(C(=O)Oc3cc(F)c(C#N)c(F)c3)cc2)cc1. The van der Waals surface area contributed by atoms with Crippen molar-refractivity contribution in [3.63, 3.8) is 0 Å². The zero-order chi connectivity index (χ0) is 23.6. The van der Waals surface area contributed by atoms with Gasteiger partial charge in [-0.15, -0.1) is 0 Å². The van der Waals surface area contributed by atoms with E-state index < -0.39 is 23.2 Å². The van der Waals surface area contributed by atoms with E-state index in [1.165, 1.54) is 50.2 Å². The molecule has 3 aromatic rings. The predicted octanol–water partition coefficient (Wildman–Crippen LogP) is 7.63. The number of hydrogen-bond donors (Lipinski definition) is 0. The van der Waals surface area contributed by atoms with Gasteiger partial charge in [-0.2, -0.15) is 5.26 Å². The monoisotopic (exact) mass is 447 g/mol. The Morgan fingerprint density at radius 3 is 1.97 bits per heavy atom. The van der Waals surface area contributed by atoms with Crippen molar-refractivity contribution in [1.82, 2.24) is 0 Å². The molecular weight excluding hydrogens is 420 g/mol. The lowest BCUT2D eigenvalue weighted by Gasteiger charge is -2.08. The van der Waals surface area contributed by atoms with E-state index in [1.54, 1.807) is 24.3 Å². The summed E-state index contributed by atoms with van der Waals surface area (Å²) in [6.07, 6.45) is 8.75. The minimum absolute atomic E-state index is 0.253. The van der Waals surface area contributed by atoms with E-state index in [2.05, 4.69) is 31.2 Å². The van der Waals surface area contributed by atoms with Gasteiger partial charge in [0.05, 0.1) is 5.56 Å². The first-order chi connectivity index (χ1) is 16.0. The number of rotatable bonds is 10. The standard InChI is InChI=1S/C28H27F2NO2/c1-2-3-4-5-6-7-8-20-9-11-21(12-10-20)22-13-15-23(16-14-22)28(32)33-24-17-26(29)25(19-31)27(30)18-24/h9-18H,2-8H2,1H3. The fourth-order valence-corrected chi connectivity index (χ4v) is 3.65. The number of aryl methyl sites for hydroxylation is 1. The smallest absolute Gasteiger partial charge is 0.343 e. The van der Waals surface area contributed by atoms with E-state index in [9.17, 15) is 13.6 Å². The maximum Gasteiger partial charge on any atom is 0.343 e. The van der Waals surface area contributed by atoms with Gasteiger partial charge in [0.2, 0.25) is 0 Å². The Morgan fingerprint density at radius 2 is 1.39 bits per heavy atom. The Labute approximate surface area is 193 Å². The number of ether oxygens (including phenoxy) is 1. The van der Waals surface area contributed by atoms with Crippen LogP contribution in [0, 0.1) is 23.0 Å². The third kappa shape index (κ3) is 6.73. The highest BCUT2D eigenvalue weighted by atomic mass is 19.1. The Balaban J connectivity index is 1.57. The number of carbonyl (C=O) groups is 1. The van der Waals surface area contributed by atoms with Gasteiger partial charge >= 0.3 is 5.97 Å². The summed E-state index contributed by atoms with van der Waals surface area (Å²) in [5, 5.41) is 8.72. The molecule has 0 bridgehead atoms. The second kappa shape index (κ2) is 11.9. The van der Waals surface area contributed by atoms with Crippen LogP contribution in [0.5, 0.6) is 5.75 Å². The largest absolute Gasteiger partial charge is 0.423 e. The second-order valence-electron chi connectivity index (χ2n) is 8.06. The normalized spacial score (nSPS) is 10.6. The van der Waals surface area contributed by atoms with Crippen molar-refractivity contribution in [2.75, 3.05) is 0 Å². The summed E-state index contributed by atoms with van der Waals surface area (Å²) in [6, 6.07) is 18.3. The minimum atomic E-state index is -1.07. The van der Waals surface area contributed by atoms with Crippen molar-refractivity contribution in [1.29, 1.82) is 5.26 Å². The van der Waals surface area contributed by atoms with Crippen LogP contribution in [-0.4, -0.2) is 5.97 Å². The van der Waals surface area contributed by atoms with Gasteiger partial charge in [0.25, 0.3) is 0 Å². The van der Waals surface area contributed by atoms with Crippen molar-refractivity contribution in [3.05, 3.63) is 89.0 Å². The summed E-state index contributed by atoms with van der Waals surface area (Å²) in [5.41, 5.74) is 2.85. The predicted molar refractivity (Wildman–Crippen MR) is 125 cm³/mol. The van der Waals surface area contributed by atoms with Crippen molar-refractivity contribution < 1.29 is 18.3 Å². The summed E-state index contributed by atoms with van der Waals surface area (Å²) < 4.78 is 32.5. The molecule has 0 unspecified atom stereocenters. The van der Waals surface area contributed by atoms with Crippen LogP contribution in [0.1, 0.15) is 66.9 Å². The molecule has 170 valence electrons. The summed E-state index contributed by atoms with van der Waals surface area (Å²) >= 11 is 0. The quantitative estimate of drug-likeness (QED) is 0.182. The van der Waals surface area contributed by atoms with Gasteiger partial charge in [0.1, 0.15) is 29.0 Å². The topological polar surface area (TPSA) is 50.1 Å². The molecule has 0 saturated heterocycles. The summed E-state index contributed by atoms with van der Waals surface area (Å²) in [5.74, 6) is -3.18. The van der Waals surface area contributed by atoms with Crippen LogP contribution in [0.3, 0.4) is 0 Å². The molecule has 5 heteroatoms. The molecule has 0 spiro atoms. The molecule has 3 rings (SSSR count). The van der Waals surface area contributed by atoms with Crippen LogP contribution in [0.4, 0.5) is 8.78 Å². The summed E-state index contributed by atoms with van der Waals surface area (Å²) in [6.45, 7) is 2.22. The third-order valence-corrected chi connectivity index (χ3v) is 5.56. The lowest BCUT2D eigenvalue weighted by atomic mass is 10.00. The Bertz CT molecular complexity index is 1090. The number of hydrogen-bond acceptors (Lipinski definition) is 3. The molecule has 0 radical (unpaired) electrons. The van der Waals surface area contributed by atoms with Crippen LogP contribution in [-0.2, 0) is 6.42 Å². The molecular formula is C28H27F2NO2. The Kier molecular flexibility index (Phi) is 8.71. The molecule has 3 nitrogen and oxygen atoms in total. The molecule has 0 heterocycles. The molecule has 0 fully saturated rings. The van der Waals surface area contributed by atoms with E-state index >= 15 is 0 Å². The van der Waals surface area contributed by atoms with Crippen molar-refractivity contribution in [2.24, 2.45) is 0 Å². The number of halogens is 2. The number of nitriles is 1. The molecule has 0 N–H and O–H groups in total. The van der Waals surface area contributed by atoms with E-state index in [4.69, 9.17) is 10.00 Å². The maximum absolute atomic E-state index is 13.7. The van der Waals surface area contributed by atoms with Crippen molar-refractivity contribution >= 4 is 5.97 Å². The minimum Gasteiger partial charge on any atom is -0.423 e. The van der Waals surface area contributed by atoms with Crippen molar-refractivity contribution in [3.8, 4) is 22.9 Å². The number of carbonyl (C=O) groups excluding carboxylic acids is 1. The Hall–Kier alpha value is -3.52. The lowest BCUT2D eigenvalue weighted by molar-refractivity contribution is 0.0734. The molecule has 0 saturated carbocycles. The molecule has 0 aromatic heterocycles. The molecule has 0 aliphatic heterocycles. The first kappa shape index (κ1) is 24.1. The van der Waals surface area contributed by atoms with Crippen LogP contribution in [0.25, 0.3) is 11.1 Å². The van der Waals surface area contributed by atoms with E-state index in [-0.39, 0.29) is 11.3 Å². The molecule has 0 amide bonds. The number of unbranched alkanes of at least 4 members (excludes halogenated alkanes) is 5. The average molecular weight is 448 g/mol. The first-order valence-corrected chi connectivity index (χ1v) is 11.3. The van der Waals surface area contributed by atoms with Gasteiger partial charge < -0.3 is 4.74 Å². The average Bonchev–Trinajstić information content (AvgIpc) is 2.82. The van der Waals surface area contributed by atoms with Gasteiger partial charge in [0, 0.05) is 12.1 Å². The van der Waals surface area contributed by atoms with E-state index in [1.807, 2.05) is 0 Å². The zero-order valence-electron chi connectivity index (χ0n) is 18.7.